The third-order valence-electron chi connectivity index (χ3n) is 5.32. The standard InChI is InChI=1S/C26H20BrCl2NO3S2/c1-14-4-7-21(15(2)8-14)30-25(31)23(35-26(30)34)11-16-9-19(27)24(22(10-16)32-3)33-13-17-5-6-18(28)12-20(17)29/h4-12H,13H2,1-3H3/b23-11+. The molecule has 0 aliphatic carbocycles. The van der Waals surface area contributed by atoms with E-state index in [0.29, 0.717) is 35.2 Å². The van der Waals surface area contributed by atoms with Gasteiger partial charge in [-0.05, 0) is 77.3 Å². The van der Waals surface area contributed by atoms with Gasteiger partial charge in [-0.1, -0.05) is 70.9 Å². The van der Waals surface area contributed by atoms with Crippen LogP contribution in [0.3, 0.4) is 0 Å². The van der Waals surface area contributed by atoms with Gasteiger partial charge in [-0.25, -0.2) is 0 Å². The molecule has 180 valence electrons. The summed E-state index contributed by atoms with van der Waals surface area (Å²) in [7, 11) is 1.56. The van der Waals surface area contributed by atoms with E-state index in [9.17, 15) is 4.79 Å². The number of thiocarbonyl (C=S) groups is 1. The highest BCUT2D eigenvalue weighted by molar-refractivity contribution is 9.10. The summed E-state index contributed by atoms with van der Waals surface area (Å²) in [6.07, 6.45) is 1.80. The number of rotatable bonds is 6. The first kappa shape index (κ1) is 26.0. The molecule has 4 nitrogen and oxygen atoms in total. The van der Waals surface area contributed by atoms with Crippen molar-refractivity contribution in [3.8, 4) is 11.5 Å². The average Bonchev–Trinajstić information content (AvgIpc) is 3.06. The number of ether oxygens (including phenoxy) is 2. The molecule has 3 aromatic rings. The predicted octanol–water partition coefficient (Wildman–Crippen LogP) is 8.37. The van der Waals surface area contributed by atoms with Crippen LogP contribution in [0.2, 0.25) is 10.0 Å². The summed E-state index contributed by atoms with van der Waals surface area (Å²) >= 11 is 22.6. The highest BCUT2D eigenvalue weighted by Crippen LogP contribution is 2.41. The second-order valence-corrected chi connectivity index (χ2v) is 11.2. The number of amides is 1. The van der Waals surface area contributed by atoms with Crippen LogP contribution in [0.1, 0.15) is 22.3 Å². The molecule has 4 rings (SSSR count). The molecule has 1 heterocycles. The number of anilines is 1. The van der Waals surface area contributed by atoms with Gasteiger partial charge in [0.15, 0.2) is 15.8 Å². The van der Waals surface area contributed by atoms with Crippen LogP contribution in [-0.4, -0.2) is 17.3 Å². The van der Waals surface area contributed by atoms with Crippen molar-refractivity contribution in [2.24, 2.45) is 0 Å². The van der Waals surface area contributed by atoms with Gasteiger partial charge < -0.3 is 9.47 Å². The van der Waals surface area contributed by atoms with E-state index < -0.39 is 0 Å². The third kappa shape index (κ3) is 5.70. The second-order valence-electron chi connectivity index (χ2n) is 7.87. The zero-order chi connectivity index (χ0) is 25.3. The highest BCUT2D eigenvalue weighted by atomic mass is 79.9. The number of benzene rings is 3. The van der Waals surface area contributed by atoms with E-state index in [1.165, 1.54) is 11.8 Å². The van der Waals surface area contributed by atoms with Crippen LogP contribution >= 0.6 is 63.1 Å². The summed E-state index contributed by atoms with van der Waals surface area (Å²) in [5.74, 6) is 0.888. The minimum absolute atomic E-state index is 0.153. The van der Waals surface area contributed by atoms with Crippen molar-refractivity contribution in [2.75, 3.05) is 12.0 Å². The number of aryl methyl sites for hydroxylation is 2. The van der Waals surface area contributed by atoms with E-state index in [2.05, 4.69) is 15.9 Å². The molecule has 1 saturated heterocycles. The van der Waals surface area contributed by atoms with Gasteiger partial charge in [0.1, 0.15) is 6.61 Å². The van der Waals surface area contributed by atoms with Gasteiger partial charge in [0.05, 0.1) is 22.2 Å². The fraction of sp³-hybridized carbons (Fsp3) is 0.154. The van der Waals surface area contributed by atoms with Crippen LogP contribution in [0, 0.1) is 13.8 Å². The van der Waals surface area contributed by atoms with Crippen LogP contribution in [0.4, 0.5) is 5.69 Å². The molecule has 1 fully saturated rings. The molecule has 0 N–H and O–H groups in total. The van der Waals surface area contributed by atoms with Gasteiger partial charge in [-0.15, -0.1) is 0 Å². The van der Waals surface area contributed by atoms with Crippen molar-refractivity contribution in [2.45, 2.75) is 20.5 Å². The molecule has 0 radical (unpaired) electrons. The Morgan fingerprint density at radius 2 is 1.89 bits per heavy atom. The summed E-state index contributed by atoms with van der Waals surface area (Å²) in [5.41, 5.74) is 4.49. The first-order valence-electron chi connectivity index (χ1n) is 10.5. The van der Waals surface area contributed by atoms with Crippen LogP contribution in [0.25, 0.3) is 6.08 Å². The van der Waals surface area contributed by atoms with Crippen molar-refractivity contribution >= 4 is 85.1 Å². The number of carbonyl (C=O) groups is 1. The van der Waals surface area contributed by atoms with Crippen molar-refractivity contribution in [1.82, 2.24) is 0 Å². The smallest absolute Gasteiger partial charge is 0.270 e. The van der Waals surface area contributed by atoms with Crippen LogP contribution < -0.4 is 14.4 Å². The van der Waals surface area contributed by atoms with Gasteiger partial charge in [0.25, 0.3) is 5.91 Å². The number of methoxy groups -OCH3 is 1. The third-order valence-corrected chi connectivity index (χ3v) is 7.80. The molecule has 0 aromatic heterocycles. The van der Waals surface area contributed by atoms with E-state index in [-0.39, 0.29) is 12.5 Å². The van der Waals surface area contributed by atoms with Crippen LogP contribution in [0.5, 0.6) is 11.5 Å². The Hall–Kier alpha value is -2.03. The molecule has 1 aliphatic rings. The van der Waals surface area contributed by atoms with E-state index in [1.807, 2.05) is 50.2 Å². The fourth-order valence-corrected chi connectivity index (χ4v) is 5.96. The minimum atomic E-state index is -0.153. The number of halogens is 3. The Morgan fingerprint density at radius 1 is 1.11 bits per heavy atom. The molecule has 9 heteroatoms. The zero-order valence-electron chi connectivity index (χ0n) is 19.0. The normalized spacial score (nSPS) is 14.7. The molecule has 0 saturated carbocycles. The molecule has 0 spiro atoms. The van der Waals surface area contributed by atoms with Gasteiger partial charge >= 0.3 is 0 Å². The van der Waals surface area contributed by atoms with E-state index in [1.54, 1.807) is 30.2 Å². The average molecular weight is 609 g/mol. The molecule has 35 heavy (non-hydrogen) atoms. The van der Waals surface area contributed by atoms with E-state index in [0.717, 1.165) is 27.9 Å². The lowest BCUT2D eigenvalue weighted by Gasteiger charge is -2.17. The lowest BCUT2D eigenvalue weighted by molar-refractivity contribution is -0.113. The summed E-state index contributed by atoms with van der Waals surface area (Å²) in [4.78, 5) is 15.4. The van der Waals surface area contributed by atoms with Crippen molar-refractivity contribution in [3.63, 3.8) is 0 Å². The SMILES string of the molecule is COc1cc(/C=C2/SC(=S)N(c3ccc(C)cc3C)C2=O)cc(Br)c1OCc1ccc(Cl)cc1Cl. The predicted molar refractivity (Wildman–Crippen MR) is 153 cm³/mol. The molecule has 0 unspecified atom stereocenters. The largest absolute Gasteiger partial charge is 0.493 e. The lowest BCUT2D eigenvalue weighted by Crippen LogP contribution is -2.28. The van der Waals surface area contributed by atoms with Gasteiger partial charge in [0.2, 0.25) is 0 Å². The van der Waals surface area contributed by atoms with Crippen molar-refractivity contribution < 1.29 is 14.3 Å². The Morgan fingerprint density at radius 3 is 2.57 bits per heavy atom. The van der Waals surface area contributed by atoms with E-state index in [4.69, 9.17) is 44.9 Å². The first-order chi connectivity index (χ1) is 16.7. The summed E-state index contributed by atoms with van der Waals surface area (Å²) in [6.45, 7) is 4.23. The monoisotopic (exact) mass is 607 g/mol. The van der Waals surface area contributed by atoms with Crippen molar-refractivity contribution in [1.29, 1.82) is 0 Å². The Balaban J connectivity index is 1.59. The second kappa shape index (κ2) is 10.9. The number of hydrogen-bond donors (Lipinski definition) is 0. The lowest BCUT2D eigenvalue weighted by atomic mass is 10.1. The maximum Gasteiger partial charge on any atom is 0.270 e. The maximum absolute atomic E-state index is 13.2. The van der Waals surface area contributed by atoms with E-state index >= 15 is 0 Å². The number of thioether (sulfide) groups is 1. The molecule has 3 aromatic carbocycles. The maximum atomic E-state index is 13.2. The topological polar surface area (TPSA) is 38.8 Å². The Labute approximate surface area is 232 Å². The summed E-state index contributed by atoms with van der Waals surface area (Å²) in [6, 6.07) is 14.9. The first-order valence-corrected chi connectivity index (χ1v) is 13.2. The highest BCUT2D eigenvalue weighted by Gasteiger charge is 2.34. The molecular formula is C26H20BrCl2NO3S2. The summed E-state index contributed by atoms with van der Waals surface area (Å²) in [5, 5.41) is 1.08. The summed E-state index contributed by atoms with van der Waals surface area (Å²) < 4.78 is 12.8. The number of carbonyl (C=O) groups excluding carboxylic acids is 1. The van der Waals surface area contributed by atoms with Gasteiger partial charge in [0, 0.05) is 15.6 Å². The number of hydrogen-bond acceptors (Lipinski definition) is 5. The van der Waals surface area contributed by atoms with Crippen LogP contribution in [0.15, 0.2) is 57.9 Å². The molecular weight excluding hydrogens is 589 g/mol. The van der Waals surface area contributed by atoms with Crippen molar-refractivity contribution in [3.05, 3.63) is 90.2 Å². The molecule has 1 amide bonds. The fourth-order valence-electron chi connectivity index (χ4n) is 3.63. The van der Waals surface area contributed by atoms with Gasteiger partial charge in [-0.2, -0.15) is 0 Å². The molecule has 1 aliphatic heterocycles. The quantitative estimate of drug-likeness (QED) is 0.208. The molecule has 0 atom stereocenters. The Kier molecular flexibility index (Phi) is 8.13. The molecule has 0 bridgehead atoms. The van der Waals surface area contributed by atoms with Gasteiger partial charge in [-0.3, -0.25) is 9.69 Å². The number of nitrogens with zero attached hydrogens (tertiary/aromatic N) is 1. The minimum Gasteiger partial charge on any atom is -0.493 e. The Bertz CT molecular complexity index is 1380. The van der Waals surface area contributed by atoms with Crippen LogP contribution in [-0.2, 0) is 11.4 Å². The zero-order valence-corrected chi connectivity index (χ0v) is 23.8.